The van der Waals surface area contributed by atoms with Crippen LogP contribution in [0.1, 0.15) is 5.69 Å². The lowest BCUT2D eigenvalue weighted by molar-refractivity contribution is -0.141. The lowest BCUT2D eigenvalue weighted by Crippen LogP contribution is -2.18. The van der Waals surface area contributed by atoms with E-state index in [0.717, 1.165) is 15.7 Å². The second kappa shape index (κ2) is 4.94. The molecular weight excluding hydrogens is 298 g/mol. The molecule has 18 heavy (non-hydrogen) atoms. The number of aryl methyl sites for hydroxylation is 1. The number of pyridine rings is 1. The van der Waals surface area contributed by atoms with E-state index in [2.05, 4.69) is 20.7 Å². The van der Waals surface area contributed by atoms with Crippen LogP contribution in [0.15, 0.2) is 33.5 Å². The van der Waals surface area contributed by atoms with Crippen LogP contribution >= 0.6 is 15.9 Å². The summed E-state index contributed by atoms with van der Waals surface area (Å²) in [5.74, 6) is -0.342. The van der Waals surface area contributed by atoms with Crippen LogP contribution in [-0.4, -0.2) is 17.6 Å². The minimum atomic E-state index is -0.342. The fourth-order valence-corrected chi connectivity index (χ4v) is 2.24. The summed E-state index contributed by atoms with van der Waals surface area (Å²) in [7, 11) is 1.35. The van der Waals surface area contributed by atoms with Crippen LogP contribution in [-0.2, 0) is 16.1 Å². The van der Waals surface area contributed by atoms with Crippen LogP contribution in [0.2, 0.25) is 0 Å². The van der Waals surface area contributed by atoms with Crippen molar-refractivity contribution in [3.63, 3.8) is 0 Å². The number of halogens is 1. The maximum Gasteiger partial charge on any atom is 0.325 e. The Morgan fingerprint density at radius 2 is 2.11 bits per heavy atom. The second-order valence-corrected chi connectivity index (χ2v) is 4.89. The van der Waals surface area contributed by atoms with Gasteiger partial charge in [-0.1, -0.05) is 15.9 Å². The zero-order valence-corrected chi connectivity index (χ0v) is 11.7. The maximum absolute atomic E-state index is 11.9. The maximum atomic E-state index is 11.9. The van der Waals surface area contributed by atoms with Crippen LogP contribution in [0.4, 0.5) is 0 Å². The number of benzene rings is 1. The molecule has 0 amide bonds. The molecule has 0 fully saturated rings. The number of carbonyl (C=O) groups excluding carboxylic acids is 1. The topological polar surface area (TPSA) is 48.3 Å². The minimum Gasteiger partial charge on any atom is -0.468 e. The van der Waals surface area contributed by atoms with Crippen LogP contribution < -0.4 is 5.43 Å². The summed E-state index contributed by atoms with van der Waals surface area (Å²) < 4.78 is 7.27. The Labute approximate surface area is 112 Å². The Morgan fingerprint density at radius 3 is 2.78 bits per heavy atom. The number of rotatable bonds is 2. The average Bonchev–Trinajstić information content (AvgIpc) is 2.34. The predicted molar refractivity (Wildman–Crippen MR) is 72.7 cm³/mol. The molecule has 1 heterocycles. The predicted octanol–water partition coefficient (Wildman–Crippen LogP) is 2.25. The molecule has 0 spiro atoms. The van der Waals surface area contributed by atoms with Crippen LogP contribution in [0.25, 0.3) is 10.9 Å². The number of hydrogen-bond donors (Lipinski definition) is 0. The number of carbonyl (C=O) groups is 1. The van der Waals surface area contributed by atoms with Crippen LogP contribution in [0, 0.1) is 6.92 Å². The van der Waals surface area contributed by atoms with Gasteiger partial charge in [-0.2, -0.15) is 0 Å². The first-order chi connectivity index (χ1) is 8.52. The van der Waals surface area contributed by atoms with E-state index < -0.39 is 0 Å². The van der Waals surface area contributed by atoms with E-state index in [4.69, 9.17) is 0 Å². The highest BCUT2D eigenvalue weighted by Crippen LogP contribution is 2.18. The molecule has 2 aromatic rings. The van der Waals surface area contributed by atoms with Crippen molar-refractivity contribution in [2.75, 3.05) is 7.11 Å². The summed E-state index contributed by atoms with van der Waals surface area (Å²) in [6, 6.07) is 6.94. The van der Waals surface area contributed by atoms with Gasteiger partial charge in [0, 0.05) is 21.6 Å². The molecule has 5 heteroatoms. The molecule has 0 aliphatic rings. The fraction of sp³-hybridized carbons (Fsp3) is 0.231. The van der Waals surface area contributed by atoms with E-state index in [1.807, 2.05) is 12.1 Å². The molecular formula is C13H12BrNO3. The van der Waals surface area contributed by atoms with Gasteiger partial charge in [0.2, 0.25) is 0 Å². The minimum absolute atomic E-state index is 0.0510. The van der Waals surface area contributed by atoms with E-state index >= 15 is 0 Å². The smallest absolute Gasteiger partial charge is 0.325 e. The lowest BCUT2D eigenvalue weighted by atomic mass is 10.2. The highest BCUT2D eigenvalue weighted by Gasteiger charge is 2.10. The third-order valence-electron chi connectivity index (χ3n) is 2.80. The molecule has 0 atom stereocenters. The summed E-state index contributed by atoms with van der Waals surface area (Å²) in [5, 5.41) is 0.582. The molecule has 1 aromatic carbocycles. The Hall–Kier alpha value is -1.62. The molecule has 0 aliphatic carbocycles. The summed E-state index contributed by atoms with van der Waals surface area (Å²) >= 11 is 3.33. The van der Waals surface area contributed by atoms with Crippen LogP contribution in [0.5, 0.6) is 0 Å². The largest absolute Gasteiger partial charge is 0.468 e. The van der Waals surface area contributed by atoms with Crippen molar-refractivity contribution in [2.24, 2.45) is 0 Å². The van der Waals surface area contributed by atoms with Crippen LogP contribution in [0.3, 0.4) is 0 Å². The molecule has 0 aliphatic heterocycles. The first-order valence-corrected chi connectivity index (χ1v) is 6.18. The van der Waals surface area contributed by atoms with Crippen molar-refractivity contribution in [2.45, 2.75) is 13.5 Å². The average molecular weight is 310 g/mol. The molecule has 4 nitrogen and oxygen atoms in total. The molecule has 0 unspecified atom stereocenters. The Balaban J connectivity index is 2.72. The summed E-state index contributed by atoms with van der Waals surface area (Å²) in [4.78, 5) is 23.3. The van der Waals surface area contributed by atoms with E-state index in [-0.39, 0.29) is 17.9 Å². The van der Waals surface area contributed by atoms with Gasteiger partial charge in [0.25, 0.3) is 0 Å². The van der Waals surface area contributed by atoms with Crippen molar-refractivity contribution in [3.8, 4) is 0 Å². The Bertz CT molecular complexity index is 676. The van der Waals surface area contributed by atoms with Crippen molar-refractivity contribution >= 4 is 32.8 Å². The highest BCUT2D eigenvalue weighted by atomic mass is 79.9. The van der Waals surface area contributed by atoms with Crippen molar-refractivity contribution in [1.82, 2.24) is 4.57 Å². The zero-order valence-electron chi connectivity index (χ0n) is 10.1. The second-order valence-electron chi connectivity index (χ2n) is 3.97. The van der Waals surface area contributed by atoms with Gasteiger partial charge in [-0.05, 0) is 25.1 Å². The third kappa shape index (κ3) is 2.31. The number of hydrogen-bond acceptors (Lipinski definition) is 3. The number of esters is 1. The number of methoxy groups -OCH3 is 1. The van der Waals surface area contributed by atoms with Gasteiger partial charge in [-0.3, -0.25) is 9.59 Å². The van der Waals surface area contributed by atoms with E-state index in [9.17, 15) is 9.59 Å². The molecule has 2 rings (SSSR count). The monoisotopic (exact) mass is 309 g/mol. The van der Waals surface area contributed by atoms with Gasteiger partial charge in [-0.15, -0.1) is 0 Å². The first-order valence-electron chi connectivity index (χ1n) is 5.39. The van der Waals surface area contributed by atoms with E-state index in [1.54, 1.807) is 17.6 Å². The fourth-order valence-electron chi connectivity index (χ4n) is 1.88. The van der Waals surface area contributed by atoms with Gasteiger partial charge in [0.1, 0.15) is 6.54 Å². The quantitative estimate of drug-likeness (QED) is 0.799. The first kappa shape index (κ1) is 12.8. The highest BCUT2D eigenvalue weighted by molar-refractivity contribution is 9.10. The molecule has 0 bridgehead atoms. The molecule has 0 saturated carbocycles. The Morgan fingerprint density at radius 1 is 1.39 bits per heavy atom. The molecule has 1 aromatic heterocycles. The molecule has 0 saturated heterocycles. The van der Waals surface area contributed by atoms with Gasteiger partial charge < -0.3 is 9.30 Å². The number of aromatic nitrogens is 1. The molecule has 0 N–H and O–H groups in total. The van der Waals surface area contributed by atoms with Crippen molar-refractivity contribution in [1.29, 1.82) is 0 Å². The summed E-state index contributed by atoms with van der Waals surface area (Å²) in [6.07, 6.45) is 0. The molecule has 94 valence electrons. The lowest BCUT2D eigenvalue weighted by Gasteiger charge is -2.13. The third-order valence-corrected chi connectivity index (χ3v) is 3.29. The zero-order chi connectivity index (χ0) is 13.3. The number of fused-ring (bicyclic) bond motifs is 1. The summed E-state index contributed by atoms with van der Waals surface area (Å²) in [5.41, 5.74) is 1.42. The molecule has 0 radical (unpaired) electrons. The van der Waals surface area contributed by atoms with Crippen molar-refractivity contribution < 1.29 is 9.53 Å². The SMILES string of the molecule is COC(=O)Cn1c(C)cc(=O)c2cc(Br)ccc21. The van der Waals surface area contributed by atoms with Gasteiger partial charge in [0.05, 0.1) is 12.6 Å². The Kier molecular flexibility index (Phi) is 3.52. The number of ether oxygens (including phenoxy) is 1. The number of nitrogens with zero attached hydrogens (tertiary/aromatic N) is 1. The summed E-state index contributed by atoms with van der Waals surface area (Å²) in [6.45, 7) is 1.90. The van der Waals surface area contributed by atoms with Gasteiger partial charge >= 0.3 is 5.97 Å². The van der Waals surface area contributed by atoms with Gasteiger partial charge in [0.15, 0.2) is 5.43 Å². The van der Waals surface area contributed by atoms with Crippen molar-refractivity contribution in [3.05, 3.63) is 44.7 Å². The van der Waals surface area contributed by atoms with E-state index in [0.29, 0.717) is 5.39 Å². The normalized spacial score (nSPS) is 10.6. The standard InChI is InChI=1S/C13H12BrNO3/c1-8-5-12(16)10-6-9(14)3-4-11(10)15(8)7-13(17)18-2/h3-6H,7H2,1-2H3. The van der Waals surface area contributed by atoms with Gasteiger partial charge in [-0.25, -0.2) is 0 Å². The van der Waals surface area contributed by atoms with E-state index in [1.165, 1.54) is 13.2 Å².